The molecular formula is C14H10ClFN2O3. The Hall–Kier alpha value is -2.47. The molecule has 0 spiro atoms. The Balaban J connectivity index is 2.12. The fourth-order valence-corrected chi connectivity index (χ4v) is 1.99. The maximum Gasteiger partial charge on any atom is 0.271 e. The van der Waals surface area contributed by atoms with Crippen LogP contribution in [-0.2, 0) is 11.2 Å². The molecule has 5 nitrogen and oxygen atoms in total. The number of non-ortho nitro benzene ring substituents is 1. The number of anilines is 1. The largest absolute Gasteiger partial charge is 0.326 e. The van der Waals surface area contributed by atoms with E-state index in [1.165, 1.54) is 42.5 Å². The fourth-order valence-electron chi connectivity index (χ4n) is 1.76. The van der Waals surface area contributed by atoms with E-state index in [2.05, 4.69) is 5.32 Å². The number of benzene rings is 2. The molecule has 0 aliphatic rings. The number of hydrogen-bond donors (Lipinski definition) is 1. The minimum Gasteiger partial charge on any atom is -0.326 e. The molecule has 0 unspecified atom stereocenters. The molecule has 0 saturated heterocycles. The first-order valence-electron chi connectivity index (χ1n) is 5.94. The van der Waals surface area contributed by atoms with E-state index in [4.69, 9.17) is 11.6 Å². The second-order valence-electron chi connectivity index (χ2n) is 4.23. The summed E-state index contributed by atoms with van der Waals surface area (Å²) in [4.78, 5) is 21.9. The van der Waals surface area contributed by atoms with Crippen molar-refractivity contribution in [1.29, 1.82) is 0 Å². The van der Waals surface area contributed by atoms with Gasteiger partial charge in [-0.05, 0) is 18.2 Å². The Kier molecular flexibility index (Phi) is 4.49. The molecule has 0 atom stereocenters. The van der Waals surface area contributed by atoms with Crippen molar-refractivity contribution in [2.24, 2.45) is 0 Å². The van der Waals surface area contributed by atoms with E-state index in [9.17, 15) is 19.3 Å². The lowest BCUT2D eigenvalue weighted by molar-refractivity contribution is -0.384. The van der Waals surface area contributed by atoms with Gasteiger partial charge in [-0.15, -0.1) is 0 Å². The van der Waals surface area contributed by atoms with Gasteiger partial charge in [0.2, 0.25) is 5.91 Å². The monoisotopic (exact) mass is 308 g/mol. The van der Waals surface area contributed by atoms with Gasteiger partial charge >= 0.3 is 0 Å². The average molecular weight is 309 g/mol. The molecule has 0 heterocycles. The second-order valence-corrected chi connectivity index (χ2v) is 4.64. The molecule has 0 saturated carbocycles. The molecular weight excluding hydrogens is 299 g/mol. The number of amides is 1. The smallest absolute Gasteiger partial charge is 0.271 e. The van der Waals surface area contributed by atoms with Gasteiger partial charge in [0, 0.05) is 28.4 Å². The summed E-state index contributed by atoms with van der Waals surface area (Å²) >= 11 is 5.83. The predicted molar refractivity (Wildman–Crippen MR) is 76.8 cm³/mol. The van der Waals surface area contributed by atoms with Crippen molar-refractivity contribution in [3.05, 3.63) is 69.0 Å². The van der Waals surface area contributed by atoms with E-state index >= 15 is 0 Å². The highest BCUT2D eigenvalue weighted by Crippen LogP contribution is 2.21. The third-order valence-corrected chi connectivity index (χ3v) is 3.09. The first kappa shape index (κ1) is 14.9. The van der Waals surface area contributed by atoms with Crippen LogP contribution in [0.1, 0.15) is 5.56 Å². The molecule has 7 heteroatoms. The van der Waals surface area contributed by atoms with Crippen LogP contribution in [0.4, 0.5) is 15.8 Å². The summed E-state index contributed by atoms with van der Waals surface area (Å²) in [6, 6.07) is 9.63. The first-order chi connectivity index (χ1) is 9.97. The van der Waals surface area contributed by atoms with Gasteiger partial charge in [0.25, 0.3) is 5.69 Å². The number of nitrogens with one attached hydrogen (secondary N) is 1. The van der Waals surface area contributed by atoms with Gasteiger partial charge in [-0.2, -0.15) is 0 Å². The van der Waals surface area contributed by atoms with Crippen molar-refractivity contribution < 1.29 is 14.1 Å². The lowest BCUT2D eigenvalue weighted by Gasteiger charge is -2.07. The summed E-state index contributed by atoms with van der Waals surface area (Å²) in [5.74, 6) is -1.08. The van der Waals surface area contributed by atoms with Gasteiger partial charge in [-0.25, -0.2) is 4.39 Å². The average Bonchev–Trinajstić information content (AvgIpc) is 2.43. The van der Waals surface area contributed by atoms with Crippen LogP contribution in [-0.4, -0.2) is 10.8 Å². The molecule has 108 valence electrons. The Morgan fingerprint density at radius 1 is 1.29 bits per heavy atom. The third-order valence-electron chi connectivity index (χ3n) is 2.74. The molecule has 0 aliphatic carbocycles. The standard InChI is InChI=1S/C14H10ClFN2O3/c15-12-5-2-6-13(16)11(12)8-14(19)17-9-3-1-4-10(7-9)18(20)21/h1-7H,8H2,(H,17,19). The predicted octanol–water partition coefficient (Wildman–Crippen LogP) is 3.57. The highest BCUT2D eigenvalue weighted by atomic mass is 35.5. The lowest BCUT2D eigenvalue weighted by Crippen LogP contribution is -2.15. The minimum absolute atomic E-state index is 0.0853. The van der Waals surface area contributed by atoms with Crippen LogP contribution in [0, 0.1) is 15.9 Å². The topological polar surface area (TPSA) is 72.2 Å². The molecule has 1 amide bonds. The first-order valence-corrected chi connectivity index (χ1v) is 6.32. The molecule has 21 heavy (non-hydrogen) atoms. The van der Waals surface area contributed by atoms with Gasteiger partial charge in [-0.1, -0.05) is 23.7 Å². The molecule has 0 radical (unpaired) electrons. The van der Waals surface area contributed by atoms with Gasteiger partial charge in [0.05, 0.1) is 11.3 Å². The van der Waals surface area contributed by atoms with Crippen molar-refractivity contribution in [2.45, 2.75) is 6.42 Å². The van der Waals surface area contributed by atoms with Gasteiger partial charge < -0.3 is 5.32 Å². The SMILES string of the molecule is O=C(Cc1c(F)cccc1Cl)Nc1cccc([N+](=O)[O-])c1. The van der Waals surface area contributed by atoms with Crippen molar-refractivity contribution in [1.82, 2.24) is 0 Å². The number of nitro groups is 1. The lowest BCUT2D eigenvalue weighted by atomic mass is 10.1. The molecule has 0 bridgehead atoms. The van der Waals surface area contributed by atoms with Crippen molar-refractivity contribution in [3.63, 3.8) is 0 Å². The minimum atomic E-state index is -0.573. The molecule has 2 aromatic carbocycles. The summed E-state index contributed by atoms with van der Waals surface area (Å²) in [5.41, 5.74) is 0.209. The third kappa shape index (κ3) is 3.76. The van der Waals surface area contributed by atoms with Crippen LogP contribution in [0.5, 0.6) is 0 Å². The summed E-state index contributed by atoms with van der Waals surface area (Å²) in [6.07, 6.45) is -0.256. The quantitative estimate of drug-likeness (QED) is 0.693. The Morgan fingerprint density at radius 3 is 2.67 bits per heavy atom. The van der Waals surface area contributed by atoms with Crippen LogP contribution < -0.4 is 5.32 Å². The highest BCUT2D eigenvalue weighted by Gasteiger charge is 2.13. The van der Waals surface area contributed by atoms with Crippen LogP contribution in [0.3, 0.4) is 0 Å². The van der Waals surface area contributed by atoms with Gasteiger partial charge in [0.1, 0.15) is 5.82 Å². The normalized spacial score (nSPS) is 10.2. The molecule has 2 aromatic rings. The van der Waals surface area contributed by atoms with Crippen LogP contribution in [0.2, 0.25) is 5.02 Å². The van der Waals surface area contributed by atoms with E-state index in [0.29, 0.717) is 0 Å². The Morgan fingerprint density at radius 2 is 2.00 bits per heavy atom. The summed E-state index contributed by atoms with van der Waals surface area (Å²) < 4.78 is 13.6. The van der Waals surface area contributed by atoms with Crippen LogP contribution in [0.25, 0.3) is 0 Å². The van der Waals surface area contributed by atoms with Crippen molar-refractivity contribution >= 4 is 28.9 Å². The number of halogens is 2. The van der Waals surface area contributed by atoms with Crippen LogP contribution >= 0.6 is 11.6 Å². The fraction of sp³-hybridized carbons (Fsp3) is 0.0714. The Labute approximate surface area is 124 Å². The number of rotatable bonds is 4. The zero-order chi connectivity index (χ0) is 15.4. The van der Waals surface area contributed by atoms with E-state index < -0.39 is 16.6 Å². The maximum absolute atomic E-state index is 13.6. The van der Waals surface area contributed by atoms with Crippen molar-refractivity contribution in [2.75, 3.05) is 5.32 Å². The Bertz CT molecular complexity index is 686. The van der Waals surface area contributed by atoms with Crippen LogP contribution in [0.15, 0.2) is 42.5 Å². The maximum atomic E-state index is 13.6. The summed E-state index contributed by atoms with van der Waals surface area (Å²) in [7, 11) is 0. The van der Waals surface area contributed by atoms with Gasteiger partial charge in [-0.3, -0.25) is 14.9 Å². The molecule has 2 rings (SSSR count). The number of carbonyl (C=O) groups is 1. The van der Waals surface area contributed by atoms with E-state index in [1.807, 2.05) is 0 Å². The molecule has 0 aromatic heterocycles. The number of nitrogens with zero attached hydrogens (tertiary/aromatic N) is 1. The summed E-state index contributed by atoms with van der Waals surface area (Å²) in [6.45, 7) is 0. The highest BCUT2D eigenvalue weighted by molar-refractivity contribution is 6.31. The molecule has 0 fully saturated rings. The van der Waals surface area contributed by atoms with Crippen molar-refractivity contribution in [3.8, 4) is 0 Å². The number of nitro benzene ring substituents is 1. The van der Waals surface area contributed by atoms with E-state index in [0.717, 1.165) is 0 Å². The van der Waals surface area contributed by atoms with E-state index in [1.54, 1.807) is 0 Å². The van der Waals surface area contributed by atoms with E-state index in [-0.39, 0.29) is 28.4 Å². The molecule has 0 aliphatic heterocycles. The zero-order valence-corrected chi connectivity index (χ0v) is 11.4. The second kappa shape index (κ2) is 6.32. The molecule has 1 N–H and O–H groups in total. The summed E-state index contributed by atoms with van der Waals surface area (Å²) in [5, 5.41) is 13.3. The number of carbonyl (C=O) groups excluding carboxylic acids is 1. The zero-order valence-electron chi connectivity index (χ0n) is 10.7. The van der Waals surface area contributed by atoms with Gasteiger partial charge in [0.15, 0.2) is 0 Å². The number of hydrogen-bond acceptors (Lipinski definition) is 3.